The van der Waals surface area contributed by atoms with Crippen LogP contribution >= 0.6 is 0 Å². The summed E-state index contributed by atoms with van der Waals surface area (Å²) in [6.45, 7) is 6.52. The fourth-order valence-electron chi connectivity index (χ4n) is 3.04. The molecule has 12 heteroatoms. The quantitative estimate of drug-likeness (QED) is 0.123. The number of carbonyl (C=O) groups is 4. The van der Waals surface area contributed by atoms with Gasteiger partial charge in [0.25, 0.3) is 5.69 Å². The van der Waals surface area contributed by atoms with E-state index >= 15 is 0 Å². The monoisotopic (exact) mass is 525 g/mol. The van der Waals surface area contributed by atoms with Crippen LogP contribution in [0.15, 0.2) is 73.8 Å². The van der Waals surface area contributed by atoms with E-state index in [1.54, 1.807) is 24.3 Å². The van der Waals surface area contributed by atoms with Gasteiger partial charge in [-0.1, -0.05) is 49.6 Å². The minimum absolute atomic E-state index is 0.00853. The highest BCUT2D eigenvalue weighted by Gasteiger charge is 2.24. The SMILES string of the molecule is C=CCOC(=O)N[C@@H](CCC(=O)Nc1ccccc1COC(=O)c1cccc([N+](=O)[O-])c1)C(=O)OCC=C. The summed E-state index contributed by atoms with van der Waals surface area (Å²) < 4.78 is 15.1. The summed E-state index contributed by atoms with van der Waals surface area (Å²) >= 11 is 0. The second-order valence-corrected chi connectivity index (χ2v) is 7.63. The predicted octanol–water partition coefficient (Wildman–Crippen LogP) is 3.68. The van der Waals surface area contributed by atoms with Crippen molar-refractivity contribution in [3.05, 3.63) is 95.1 Å². The maximum Gasteiger partial charge on any atom is 0.408 e. The summed E-state index contributed by atoms with van der Waals surface area (Å²) in [4.78, 5) is 59.4. The Hall–Kier alpha value is -5.00. The lowest BCUT2D eigenvalue weighted by Crippen LogP contribution is -2.42. The highest BCUT2D eigenvalue weighted by Crippen LogP contribution is 2.19. The number of rotatable bonds is 14. The Morgan fingerprint density at radius 1 is 0.974 bits per heavy atom. The van der Waals surface area contributed by atoms with Crippen LogP contribution in [-0.2, 0) is 30.4 Å². The second kappa shape index (κ2) is 15.2. The van der Waals surface area contributed by atoms with Crippen LogP contribution in [0.5, 0.6) is 0 Å². The van der Waals surface area contributed by atoms with Crippen molar-refractivity contribution < 1.29 is 38.3 Å². The first-order chi connectivity index (χ1) is 18.2. The summed E-state index contributed by atoms with van der Waals surface area (Å²) in [5.74, 6) is -2.02. The lowest BCUT2D eigenvalue weighted by molar-refractivity contribution is -0.384. The molecule has 0 heterocycles. The van der Waals surface area contributed by atoms with Crippen molar-refractivity contribution in [1.29, 1.82) is 0 Å². The van der Waals surface area contributed by atoms with Gasteiger partial charge in [-0.3, -0.25) is 14.9 Å². The van der Waals surface area contributed by atoms with E-state index in [0.717, 1.165) is 6.07 Å². The van der Waals surface area contributed by atoms with Crippen molar-refractivity contribution in [3.63, 3.8) is 0 Å². The fourth-order valence-corrected chi connectivity index (χ4v) is 3.04. The highest BCUT2D eigenvalue weighted by atomic mass is 16.6. The molecule has 200 valence electrons. The van der Waals surface area contributed by atoms with Crippen molar-refractivity contribution >= 4 is 35.3 Å². The number of para-hydroxylation sites is 1. The molecule has 0 saturated carbocycles. The number of nitro benzene ring substituents is 1. The number of nitrogens with zero attached hydrogens (tertiary/aromatic N) is 1. The minimum Gasteiger partial charge on any atom is -0.460 e. The van der Waals surface area contributed by atoms with Gasteiger partial charge in [-0.25, -0.2) is 14.4 Å². The third-order valence-corrected chi connectivity index (χ3v) is 4.86. The topological polar surface area (TPSA) is 163 Å². The van der Waals surface area contributed by atoms with Crippen molar-refractivity contribution in [3.8, 4) is 0 Å². The van der Waals surface area contributed by atoms with Gasteiger partial charge in [0.05, 0.1) is 10.5 Å². The molecule has 1 atom stereocenters. The molecule has 0 bridgehead atoms. The number of nitrogens with one attached hydrogen (secondary N) is 2. The molecule has 0 aliphatic heterocycles. The lowest BCUT2D eigenvalue weighted by Gasteiger charge is -2.17. The van der Waals surface area contributed by atoms with E-state index < -0.39 is 34.9 Å². The smallest absolute Gasteiger partial charge is 0.408 e. The molecule has 0 saturated heterocycles. The van der Waals surface area contributed by atoms with Crippen LogP contribution in [0.4, 0.5) is 16.2 Å². The Morgan fingerprint density at radius 3 is 2.39 bits per heavy atom. The first-order valence-corrected chi connectivity index (χ1v) is 11.4. The summed E-state index contributed by atoms with van der Waals surface area (Å²) in [5.41, 5.74) is 0.581. The molecule has 0 spiro atoms. The van der Waals surface area contributed by atoms with E-state index in [9.17, 15) is 29.3 Å². The number of benzene rings is 2. The van der Waals surface area contributed by atoms with Crippen LogP contribution in [0, 0.1) is 10.1 Å². The van der Waals surface area contributed by atoms with E-state index in [-0.39, 0.29) is 43.9 Å². The maximum atomic E-state index is 12.6. The number of amides is 2. The van der Waals surface area contributed by atoms with Gasteiger partial charge in [0.2, 0.25) is 5.91 Å². The van der Waals surface area contributed by atoms with Gasteiger partial charge in [0.1, 0.15) is 25.9 Å². The highest BCUT2D eigenvalue weighted by molar-refractivity contribution is 5.92. The normalized spacial score (nSPS) is 10.8. The molecule has 0 radical (unpaired) electrons. The Labute approximate surface area is 218 Å². The van der Waals surface area contributed by atoms with E-state index in [1.807, 2.05) is 0 Å². The summed E-state index contributed by atoms with van der Waals surface area (Å²) in [5, 5.41) is 16.0. The zero-order valence-electron chi connectivity index (χ0n) is 20.4. The van der Waals surface area contributed by atoms with Crippen LogP contribution in [0.1, 0.15) is 28.8 Å². The number of hydrogen-bond donors (Lipinski definition) is 2. The third kappa shape index (κ3) is 9.57. The van der Waals surface area contributed by atoms with Crippen molar-refractivity contribution in [2.45, 2.75) is 25.5 Å². The summed E-state index contributed by atoms with van der Waals surface area (Å²) in [6, 6.07) is 10.5. The number of ether oxygens (including phenoxy) is 3. The molecule has 2 aromatic rings. The molecule has 12 nitrogen and oxygen atoms in total. The average Bonchev–Trinajstić information content (AvgIpc) is 2.92. The molecule has 2 rings (SSSR count). The van der Waals surface area contributed by atoms with Crippen molar-refractivity contribution in [2.24, 2.45) is 0 Å². The van der Waals surface area contributed by atoms with Gasteiger partial charge in [-0.05, 0) is 18.6 Å². The van der Waals surface area contributed by atoms with Gasteiger partial charge in [0, 0.05) is 29.8 Å². The molecule has 38 heavy (non-hydrogen) atoms. The van der Waals surface area contributed by atoms with Crippen molar-refractivity contribution in [1.82, 2.24) is 5.32 Å². The van der Waals surface area contributed by atoms with E-state index in [4.69, 9.17) is 14.2 Å². The average molecular weight is 526 g/mol. The minimum atomic E-state index is -1.15. The number of carbonyl (C=O) groups excluding carboxylic acids is 4. The lowest BCUT2D eigenvalue weighted by atomic mass is 10.1. The molecule has 2 amide bonds. The zero-order valence-corrected chi connectivity index (χ0v) is 20.4. The Kier molecular flexibility index (Phi) is 11.7. The number of nitro groups is 1. The predicted molar refractivity (Wildman–Crippen MR) is 136 cm³/mol. The Morgan fingerprint density at radius 2 is 1.68 bits per heavy atom. The maximum absolute atomic E-state index is 12.6. The third-order valence-electron chi connectivity index (χ3n) is 4.86. The molecule has 0 unspecified atom stereocenters. The summed E-state index contributed by atoms with van der Waals surface area (Å²) in [7, 11) is 0. The number of anilines is 1. The zero-order chi connectivity index (χ0) is 27.9. The number of alkyl carbamates (subject to hydrolysis) is 1. The van der Waals surface area contributed by atoms with Gasteiger partial charge < -0.3 is 24.8 Å². The van der Waals surface area contributed by atoms with Crippen molar-refractivity contribution in [2.75, 3.05) is 18.5 Å². The molecule has 0 aliphatic rings. The molecule has 2 N–H and O–H groups in total. The molecular formula is C26H27N3O9. The Balaban J connectivity index is 1.99. The second-order valence-electron chi connectivity index (χ2n) is 7.63. The number of hydrogen-bond acceptors (Lipinski definition) is 9. The molecule has 0 fully saturated rings. The fraction of sp³-hybridized carbons (Fsp3) is 0.231. The first kappa shape index (κ1) is 29.2. The van der Waals surface area contributed by atoms with E-state index in [0.29, 0.717) is 11.3 Å². The van der Waals surface area contributed by atoms with Crippen LogP contribution in [0.25, 0.3) is 0 Å². The number of esters is 2. The molecule has 0 aromatic heterocycles. The molecule has 2 aromatic carbocycles. The van der Waals surface area contributed by atoms with Crippen LogP contribution in [0.2, 0.25) is 0 Å². The Bertz CT molecular complexity index is 1200. The van der Waals surface area contributed by atoms with Crippen LogP contribution < -0.4 is 10.6 Å². The van der Waals surface area contributed by atoms with E-state index in [2.05, 4.69) is 23.8 Å². The van der Waals surface area contributed by atoms with Gasteiger partial charge >= 0.3 is 18.0 Å². The van der Waals surface area contributed by atoms with Crippen LogP contribution in [0.3, 0.4) is 0 Å². The largest absolute Gasteiger partial charge is 0.460 e. The standard InChI is InChI=1S/C26H27N3O9/c1-3-14-36-25(32)22(28-26(33)37-15-4-2)12-13-23(30)27-21-11-6-5-8-19(21)17-38-24(31)18-9-7-10-20(16-18)29(34)35/h3-11,16,22H,1-2,12-15,17H2,(H,27,30)(H,28,33)/t22-/m0/s1. The van der Waals surface area contributed by atoms with Crippen LogP contribution in [-0.4, -0.2) is 48.1 Å². The van der Waals surface area contributed by atoms with E-state index in [1.165, 1.54) is 30.4 Å². The summed E-state index contributed by atoms with van der Waals surface area (Å²) in [6.07, 6.45) is 1.59. The van der Waals surface area contributed by atoms with Gasteiger partial charge in [-0.2, -0.15) is 0 Å². The molecular weight excluding hydrogens is 498 g/mol. The number of non-ortho nitro benzene ring substituents is 1. The molecule has 0 aliphatic carbocycles. The van der Waals surface area contributed by atoms with Gasteiger partial charge in [0.15, 0.2) is 0 Å². The van der Waals surface area contributed by atoms with Gasteiger partial charge in [-0.15, -0.1) is 0 Å². The first-order valence-electron chi connectivity index (χ1n) is 11.4.